The van der Waals surface area contributed by atoms with Crippen LogP contribution in [0.2, 0.25) is 0 Å². The zero-order valence-corrected chi connectivity index (χ0v) is 12.3. The summed E-state index contributed by atoms with van der Waals surface area (Å²) >= 11 is 1.98. The Kier molecular flexibility index (Phi) is 6.68. The lowest BCUT2D eigenvalue weighted by Gasteiger charge is -2.13. The molecule has 0 bridgehead atoms. The van der Waals surface area contributed by atoms with Gasteiger partial charge in [-0.1, -0.05) is 32.9 Å². The molecule has 1 atom stereocenters. The van der Waals surface area contributed by atoms with Crippen molar-refractivity contribution in [1.82, 2.24) is 5.32 Å². The second-order valence-electron chi connectivity index (χ2n) is 5.22. The molecule has 0 aliphatic rings. The number of hydrogen-bond donors (Lipinski definition) is 1. The van der Waals surface area contributed by atoms with Crippen molar-refractivity contribution in [2.75, 3.05) is 12.8 Å². The van der Waals surface area contributed by atoms with E-state index in [9.17, 15) is 0 Å². The Hall–Kier alpha value is -0.470. The highest BCUT2D eigenvalue weighted by molar-refractivity contribution is 7.99. The Labute approximate surface area is 110 Å². The van der Waals surface area contributed by atoms with Crippen molar-refractivity contribution < 1.29 is 0 Å². The first-order chi connectivity index (χ1) is 8.11. The van der Waals surface area contributed by atoms with Gasteiger partial charge in [0, 0.05) is 17.2 Å². The molecule has 0 aromatic heterocycles. The molecular formula is C15H25NS. The second-order valence-corrected chi connectivity index (χ2v) is 6.32. The van der Waals surface area contributed by atoms with Gasteiger partial charge >= 0.3 is 0 Å². The van der Waals surface area contributed by atoms with E-state index in [2.05, 4.69) is 50.4 Å². The van der Waals surface area contributed by atoms with Crippen molar-refractivity contribution in [3.63, 3.8) is 0 Å². The molecule has 0 amide bonds. The summed E-state index contributed by atoms with van der Waals surface area (Å²) in [4.78, 5) is 1.40. The van der Waals surface area contributed by atoms with Crippen LogP contribution in [0.25, 0.3) is 0 Å². The zero-order valence-electron chi connectivity index (χ0n) is 11.5. The van der Waals surface area contributed by atoms with Crippen LogP contribution in [-0.2, 0) is 6.54 Å². The number of thioether (sulfide) groups is 1. The maximum Gasteiger partial charge on any atom is 0.0202 e. The summed E-state index contributed by atoms with van der Waals surface area (Å²) in [6.07, 6.45) is 1.32. The first-order valence-corrected chi connectivity index (χ1v) is 7.46. The van der Waals surface area contributed by atoms with Gasteiger partial charge in [0.15, 0.2) is 0 Å². The van der Waals surface area contributed by atoms with E-state index in [1.54, 1.807) is 0 Å². The lowest BCUT2D eigenvalue weighted by molar-refractivity contribution is 0.475. The topological polar surface area (TPSA) is 12.0 Å². The Bertz CT molecular complexity index is 322. The molecule has 1 nitrogen and oxygen atoms in total. The third-order valence-electron chi connectivity index (χ3n) is 2.69. The maximum atomic E-state index is 3.19. The molecule has 0 radical (unpaired) electrons. The van der Waals surface area contributed by atoms with Gasteiger partial charge in [0.25, 0.3) is 0 Å². The third kappa shape index (κ3) is 6.13. The van der Waals surface area contributed by atoms with Crippen molar-refractivity contribution in [1.29, 1.82) is 0 Å². The van der Waals surface area contributed by atoms with Crippen LogP contribution < -0.4 is 5.32 Å². The molecule has 0 fully saturated rings. The average Bonchev–Trinajstić information content (AvgIpc) is 2.26. The summed E-state index contributed by atoms with van der Waals surface area (Å²) in [5.41, 5.74) is 1.37. The quantitative estimate of drug-likeness (QED) is 0.730. The van der Waals surface area contributed by atoms with Crippen LogP contribution in [0.3, 0.4) is 0 Å². The number of rotatable bonds is 7. The molecule has 0 spiro atoms. The van der Waals surface area contributed by atoms with Gasteiger partial charge < -0.3 is 5.32 Å². The van der Waals surface area contributed by atoms with E-state index < -0.39 is 0 Å². The molecule has 17 heavy (non-hydrogen) atoms. The van der Waals surface area contributed by atoms with Crippen molar-refractivity contribution in [3.05, 3.63) is 29.8 Å². The molecule has 0 saturated heterocycles. The van der Waals surface area contributed by atoms with E-state index in [4.69, 9.17) is 0 Å². The van der Waals surface area contributed by atoms with Crippen LogP contribution in [0, 0.1) is 11.8 Å². The van der Waals surface area contributed by atoms with Gasteiger partial charge in [-0.25, -0.2) is 0 Å². The highest BCUT2D eigenvalue weighted by Crippen LogP contribution is 2.24. The molecule has 0 aliphatic carbocycles. The summed E-state index contributed by atoms with van der Waals surface area (Å²) < 4.78 is 0. The predicted molar refractivity (Wildman–Crippen MR) is 78.5 cm³/mol. The van der Waals surface area contributed by atoms with Crippen LogP contribution in [0.15, 0.2) is 29.2 Å². The highest BCUT2D eigenvalue weighted by atomic mass is 32.2. The SMILES string of the molecule is CNCc1cccc(SCC(C)CC(C)C)c1. The minimum Gasteiger partial charge on any atom is -0.316 e. The van der Waals surface area contributed by atoms with Crippen molar-refractivity contribution in [2.45, 2.75) is 38.6 Å². The van der Waals surface area contributed by atoms with Crippen molar-refractivity contribution >= 4 is 11.8 Å². The molecule has 2 heteroatoms. The fraction of sp³-hybridized carbons (Fsp3) is 0.600. The van der Waals surface area contributed by atoms with Gasteiger partial charge in [-0.3, -0.25) is 0 Å². The molecule has 0 heterocycles. The van der Waals surface area contributed by atoms with Gasteiger partial charge in [-0.05, 0) is 43.0 Å². The number of hydrogen-bond acceptors (Lipinski definition) is 2. The normalized spacial score (nSPS) is 13.0. The first kappa shape index (κ1) is 14.6. The molecule has 1 unspecified atom stereocenters. The van der Waals surface area contributed by atoms with Crippen LogP contribution in [0.4, 0.5) is 0 Å². The van der Waals surface area contributed by atoms with E-state index in [1.165, 1.54) is 22.6 Å². The Morgan fingerprint density at radius 3 is 2.65 bits per heavy atom. The van der Waals surface area contributed by atoms with Gasteiger partial charge in [0.05, 0.1) is 0 Å². The first-order valence-electron chi connectivity index (χ1n) is 6.48. The van der Waals surface area contributed by atoms with Crippen molar-refractivity contribution in [3.8, 4) is 0 Å². The summed E-state index contributed by atoms with van der Waals surface area (Å²) in [6, 6.07) is 8.84. The zero-order chi connectivity index (χ0) is 12.7. The fourth-order valence-electron chi connectivity index (χ4n) is 2.06. The summed E-state index contributed by atoms with van der Waals surface area (Å²) in [7, 11) is 1.99. The van der Waals surface area contributed by atoms with E-state index in [0.717, 1.165) is 18.4 Å². The number of benzene rings is 1. The molecule has 1 rings (SSSR count). The van der Waals surface area contributed by atoms with E-state index in [0.29, 0.717) is 0 Å². The fourth-order valence-corrected chi connectivity index (χ4v) is 3.08. The van der Waals surface area contributed by atoms with Gasteiger partial charge in [-0.15, -0.1) is 11.8 Å². The molecule has 1 N–H and O–H groups in total. The van der Waals surface area contributed by atoms with Crippen LogP contribution >= 0.6 is 11.8 Å². The molecule has 0 aliphatic heterocycles. The van der Waals surface area contributed by atoms with E-state index in [-0.39, 0.29) is 0 Å². The van der Waals surface area contributed by atoms with Crippen LogP contribution in [-0.4, -0.2) is 12.8 Å². The second kappa shape index (κ2) is 7.78. The maximum absolute atomic E-state index is 3.19. The average molecular weight is 251 g/mol. The van der Waals surface area contributed by atoms with Gasteiger partial charge in [0.1, 0.15) is 0 Å². The third-order valence-corrected chi connectivity index (χ3v) is 4.01. The summed E-state index contributed by atoms with van der Waals surface area (Å²) in [5, 5.41) is 3.19. The minimum atomic E-state index is 0.799. The highest BCUT2D eigenvalue weighted by Gasteiger charge is 2.06. The van der Waals surface area contributed by atoms with E-state index in [1.807, 2.05) is 18.8 Å². The molecule has 1 aromatic carbocycles. The lowest BCUT2D eigenvalue weighted by Crippen LogP contribution is -2.05. The lowest BCUT2D eigenvalue weighted by atomic mass is 10.0. The smallest absolute Gasteiger partial charge is 0.0202 e. The largest absolute Gasteiger partial charge is 0.316 e. The van der Waals surface area contributed by atoms with Gasteiger partial charge in [0.2, 0.25) is 0 Å². The number of nitrogens with one attached hydrogen (secondary N) is 1. The molecular weight excluding hydrogens is 226 g/mol. The molecule has 96 valence electrons. The standard InChI is InChI=1S/C15H25NS/c1-12(2)8-13(3)11-17-15-7-5-6-14(9-15)10-16-4/h5-7,9,12-13,16H,8,10-11H2,1-4H3. The van der Waals surface area contributed by atoms with Crippen LogP contribution in [0.5, 0.6) is 0 Å². The monoisotopic (exact) mass is 251 g/mol. The summed E-state index contributed by atoms with van der Waals surface area (Å²) in [6.45, 7) is 7.91. The van der Waals surface area contributed by atoms with Crippen molar-refractivity contribution in [2.24, 2.45) is 11.8 Å². The minimum absolute atomic E-state index is 0.799. The molecule has 0 saturated carbocycles. The summed E-state index contributed by atoms with van der Waals surface area (Å²) in [5.74, 6) is 2.83. The Morgan fingerprint density at radius 2 is 2.00 bits per heavy atom. The van der Waals surface area contributed by atoms with Gasteiger partial charge in [-0.2, -0.15) is 0 Å². The Morgan fingerprint density at radius 1 is 1.24 bits per heavy atom. The molecule has 1 aromatic rings. The van der Waals surface area contributed by atoms with Crippen LogP contribution in [0.1, 0.15) is 32.8 Å². The predicted octanol–water partition coefficient (Wildman–Crippen LogP) is 4.18. The Balaban J connectivity index is 2.43. The van der Waals surface area contributed by atoms with E-state index >= 15 is 0 Å².